The number of methoxy groups -OCH3 is 1. The Hall–Kier alpha value is -4.34. The minimum atomic E-state index is 0.370. The van der Waals surface area contributed by atoms with E-state index in [4.69, 9.17) is 14.8 Å². The third-order valence-electron chi connectivity index (χ3n) is 4.95. The zero-order valence-corrected chi connectivity index (χ0v) is 17.2. The van der Waals surface area contributed by atoms with Crippen molar-refractivity contribution in [1.82, 2.24) is 39.1 Å². The second-order valence-electron chi connectivity index (χ2n) is 6.90. The molecule has 0 spiro atoms. The summed E-state index contributed by atoms with van der Waals surface area (Å²) in [7, 11) is 3.46. The second kappa shape index (κ2) is 7.48. The highest BCUT2D eigenvalue weighted by Crippen LogP contribution is 2.32. The molecule has 0 saturated heterocycles. The van der Waals surface area contributed by atoms with Gasteiger partial charge in [0, 0.05) is 61.4 Å². The van der Waals surface area contributed by atoms with Crippen LogP contribution in [0.25, 0.3) is 28.3 Å². The maximum absolute atomic E-state index is 5.21. The van der Waals surface area contributed by atoms with Gasteiger partial charge >= 0.3 is 0 Å². The van der Waals surface area contributed by atoms with Crippen LogP contribution in [0.3, 0.4) is 0 Å². The Bertz CT molecular complexity index is 1370. The summed E-state index contributed by atoms with van der Waals surface area (Å²) < 4.78 is 8.88. The number of pyridine rings is 1. The summed E-state index contributed by atoms with van der Waals surface area (Å²) in [6.07, 6.45) is 10.7. The minimum Gasteiger partial charge on any atom is -0.481 e. The highest BCUT2D eigenvalue weighted by atomic mass is 16.5. The molecule has 0 bridgehead atoms. The molecule has 5 heterocycles. The van der Waals surface area contributed by atoms with Crippen molar-refractivity contribution in [3.05, 3.63) is 60.9 Å². The quantitative estimate of drug-likeness (QED) is 0.468. The molecule has 0 aliphatic rings. The van der Waals surface area contributed by atoms with E-state index in [1.54, 1.807) is 36.3 Å². The number of nitrogens with zero attached hydrogens (tertiary/aromatic N) is 8. The molecule has 0 fully saturated rings. The fourth-order valence-electron chi connectivity index (χ4n) is 3.43. The number of anilines is 2. The SMILES string of the molecule is COc1ccnc(Nc2nc(-c3nccn3C)nn3cc(-c4cccnc4)c(C)c23)n1. The Balaban J connectivity index is 1.72. The van der Waals surface area contributed by atoms with Gasteiger partial charge in [0.1, 0.15) is 5.52 Å². The topological polar surface area (TPSA) is 108 Å². The monoisotopic (exact) mass is 413 g/mol. The summed E-state index contributed by atoms with van der Waals surface area (Å²) in [5.74, 6) is 2.50. The number of hydrogen-bond donors (Lipinski definition) is 1. The molecule has 31 heavy (non-hydrogen) atoms. The molecule has 5 aromatic heterocycles. The second-order valence-corrected chi connectivity index (χ2v) is 6.90. The number of ether oxygens (including phenoxy) is 1. The van der Waals surface area contributed by atoms with Gasteiger partial charge in [-0.25, -0.2) is 19.5 Å². The molecule has 0 saturated carbocycles. The summed E-state index contributed by atoms with van der Waals surface area (Å²) in [6, 6.07) is 5.61. The predicted molar refractivity (Wildman–Crippen MR) is 115 cm³/mol. The van der Waals surface area contributed by atoms with E-state index >= 15 is 0 Å². The third kappa shape index (κ3) is 3.33. The largest absolute Gasteiger partial charge is 0.481 e. The molecule has 0 aromatic carbocycles. The standard InChI is InChI=1S/C21H19N9O/c1-13-15(14-5-4-7-22-11-14)12-30-17(13)18(27-21-24-8-6-16(25-21)31-3)26-19(28-30)20-23-9-10-29(20)2/h4-12H,1-3H3,(H,24,25,26,27,28). The first-order valence-electron chi connectivity index (χ1n) is 9.56. The van der Waals surface area contributed by atoms with Crippen LogP contribution < -0.4 is 10.1 Å². The zero-order valence-electron chi connectivity index (χ0n) is 17.2. The molecule has 0 amide bonds. The Kier molecular flexibility index (Phi) is 4.51. The Morgan fingerprint density at radius 1 is 1.06 bits per heavy atom. The van der Waals surface area contributed by atoms with Crippen molar-refractivity contribution in [3.8, 4) is 28.7 Å². The van der Waals surface area contributed by atoms with E-state index in [1.165, 1.54) is 0 Å². The smallest absolute Gasteiger partial charge is 0.231 e. The van der Waals surface area contributed by atoms with Crippen molar-refractivity contribution >= 4 is 17.3 Å². The maximum Gasteiger partial charge on any atom is 0.231 e. The molecule has 0 aliphatic heterocycles. The number of imidazole rings is 1. The zero-order chi connectivity index (χ0) is 21.4. The van der Waals surface area contributed by atoms with Gasteiger partial charge in [-0.05, 0) is 18.6 Å². The van der Waals surface area contributed by atoms with Gasteiger partial charge in [0.25, 0.3) is 0 Å². The molecule has 0 radical (unpaired) electrons. The fourth-order valence-corrected chi connectivity index (χ4v) is 3.43. The lowest BCUT2D eigenvalue weighted by atomic mass is 10.1. The summed E-state index contributed by atoms with van der Waals surface area (Å²) in [4.78, 5) is 22.0. The summed E-state index contributed by atoms with van der Waals surface area (Å²) in [5.41, 5.74) is 3.81. The first-order valence-corrected chi connectivity index (χ1v) is 9.56. The van der Waals surface area contributed by atoms with Crippen molar-refractivity contribution in [2.45, 2.75) is 6.92 Å². The molecule has 5 aromatic rings. The number of hydrogen-bond acceptors (Lipinski definition) is 8. The lowest BCUT2D eigenvalue weighted by molar-refractivity contribution is 0.397. The molecular formula is C21H19N9O. The van der Waals surface area contributed by atoms with E-state index in [-0.39, 0.29) is 0 Å². The van der Waals surface area contributed by atoms with Crippen LogP contribution in [0.2, 0.25) is 0 Å². The van der Waals surface area contributed by atoms with E-state index in [9.17, 15) is 0 Å². The lowest BCUT2D eigenvalue weighted by Crippen LogP contribution is -2.07. The normalized spacial score (nSPS) is 11.1. The molecule has 0 unspecified atom stereocenters. The van der Waals surface area contributed by atoms with Crippen LogP contribution in [0.5, 0.6) is 5.88 Å². The van der Waals surface area contributed by atoms with E-state index in [0.717, 1.165) is 22.2 Å². The van der Waals surface area contributed by atoms with Crippen LogP contribution >= 0.6 is 0 Å². The number of aryl methyl sites for hydroxylation is 2. The van der Waals surface area contributed by atoms with Gasteiger partial charge in [0.2, 0.25) is 17.7 Å². The molecule has 1 N–H and O–H groups in total. The Morgan fingerprint density at radius 3 is 2.71 bits per heavy atom. The van der Waals surface area contributed by atoms with Crippen LogP contribution in [0.4, 0.5) is 11.8 Å². The maximum atomic E-state index is 5.21. The summed E-state index contributed by atoms with van der Waals surface area (Å²) >= 11 is 0. The number of nitrogens with one attached hydrogen (secondary N) is 1. The first kappa shape index (κ1) is 18.7. The Morgan fingerprint density at radius 2 is 1.97 bits per heavy atom. The summed E-state index contributed by atoms with van der Waals surface area (Å²) in [6.45, 7) is 2.03. The average Bonchev–Trinajstić information content (AvgIpc) is 3.37. The van der Waals surface area contributed by atoms with Crippen molar-refractivity contribution in [1.29, 1.82) is 0 Å². The van der Waals surface area contributed by atoms with Gasteiger partial charge in [-0.15, -0.1) is 5.10 Å². The number of rotatable bonds is 5. The molecule has 5 rings (SSSR count). The van der Waals surface area contributed by atoms with Crippen molar-refractivity contribution in [3.63, 3.8) is 0 Å². The van der Waals surface area contributed by atoms with Crippen LogP contribution in [0.1, 0.15) is 5.56 Å². The van der Waals surface area contributed by atoms with Crippen molar-refractivity contribution in [2.24, 2.45) is 7.05 Å². The average molecular weight is 413 g/mol. The van der Waals surface area contributed by atoms with E-state index in [2.05, 4.69) is 25.3 Å². The molecule has 0 aliphatic carbocycles. The lowest BCUT2D eigenvalue weighted by Gasteiger charge is -2.10. The van der Waals surface area contributed by atoms with E-state index in [1.807, 2.05) is 49.3 Å². The van der Waals surface area contributed by atoms with Crippen LogP contribution in [0.15, 0.2) is 55.4 Å². The first-order chi connectivity index (χ1) is 15.1. The molecule has 10 heteroatoms. The van der Waals surface area contributed by atoms with Crippen LogP contribution in [-0.2, 0) is 7.05 Å². The molecular weight excluding hydrogens is 394 g/mol. The fraction of sp³-hybridized carbons (Fsp3) is 0.143. The highest BCUT2D eigenvalue weighted by Gasteiger charge is 2.19. The molecule has 0 atom stereocenters. The number of fused-ring (bicyclic) bond motifs is 1. The summed E-state index contributed by atoms with van der Waals surface area (Å²) in [5, 5.41) is 7.94. The molecule has 10 nitrogen and oxygen atoms in total. The van der Waals surface area contributed by atoms with Gasteiger partial charge in [-0.3, -0.25) is 4.98 Å². The van der Waals surface area contributed by atoms with Gasteiger partial charge in [-0.2, -0.15) is 4.98 Å². The van der Waals surface area contributed by atoms with E-state index < -0.39 is 0 Å². The highest BCUT2D eigenvalue weighted by molar-refractivity contribution is 5.84. The van der Waals surface area contributed by atoms with Gasteiger partial charge in [0.05, 0.1) is 7.11 Å². The number of aromatic nitrogens is 8. The van der Waals surface area contributed by atoms with Gasteiger partial charge in [-0.1, -0.05) is 6.07 Å². The van der Waals surface area contributed by atoms with Gasteiger partial charge < -0.3 is 14.6 Å². The Labute approximate surface area is 177 Å². The predicted octanol–water partition coefficient (Wildman–Crippen LogP) is 3.04. The van der Waals surface area contributed by atoms with Crippen LogP contribution in [0, 0.1) is 6.92 Å². The van der Waals surface area contributed by atoms with Crippen LogP contribution in [-0.4, -0.2) is 46.2 Å². The minimum absolute atomic E-state index is 0.370. The molecule has 154 valence electrons. The van der Waals surface area contributed by atoms with Crippen molar-refractivity contribution in [2.75, 3.05) is 12.4 Å². The third-order valence-corrected chi connectivity index (χ3v) is 4.95. The van der Waals surface area contributed by atoms with Gasteiger partial charge in [0.15, 0.2) is 11.6 Å². The van der Waals surface area contributed by atoms with E-state index in [0.29, 0.717) is 29.3 Å². The van der Waals surface area contributed by atoms with Crippen molar-refractivity contribution < 1.29 is 4.74 Å².